The van der Waals surface area contributed by atoms with Crippen LogP contribution in [0.2, 0.25) is 0 Å². The second-order valence-corrected chi connectivity index (χ2v) is 3.42. The zero-order valence-electron chi connectivity index (χ0n) is 7.44. The third-order valence-electron chi connectivity index (χ3n) is 2.11. The van der Waals surface area contributed by atoms with Crippen molar-refractivity contribution in [1.82, 2.24) is 0 Å². The summed E-state index contributed by atoms with van der Waals surface area (Å²) in [6.45, 7) is 4.29. The van der Waals surface area contributed by atoms with Gasteiger partial charge in [-0.25, -0.2) is 0 Å². The first-order chi connectivity index (χ1) is 5.77. The quantitative estimate of drug-likeness (QED) is 0.519. The van der Waals surface area contributed by atoms with Gasteiger partial charge in [-0.15, -0.1) is 0 Å². The minimum absolute atomic E-state index is 0.414. The van der Waals surface area contributed by atoms with Gasteiger partial charge in [0.2, 0.25) is 0 Å². The highest BCUT2D eigenvalue weighted by Crippen LogP contribution is 2.13. The molecule has 1 unspecified atom stereocenters. The van der Waals surface area contributed by atoms with E-state index >= 15 is 0 Å². The SMILES string of the molecule is CC(C)[N+]1=CC2C=CC=CC2=N1. The lowest BCUT2D eigenvalue weighted by molar-refractivity contribution is -0.557. The van der Waals surface area contributed by atoms with Crippen molar-refractivity contribution in [2.75, 3.05) is 0 Å². The van der Waals surface area contributed by atoms with Crippen molar-refractivity contribution in [2.45, 2.75) is 19.9 Å². The van der Waals surface area contributed by atoms with E-state index in [2.05, 4.69) is 43.4 Å². The highest BCUT2D eigenvalue weighted by molar-refractivity contribution is 6.08. The van der Waals surface area contributed by atoms with Crippen LogP contribution in [-0.2, 0) is 0 Å². The minimum atomic E-state index is 0.414. The van der Waals surface area contributed by atoms with Crippen LogP contribution in [0.4, 0.5) is 0 Å². The fourth-order valence-corrected chi connectivity index (χ4v) is 1.39. The summed E-state index contributed by atoms with van der Waals surface area (Å²) in [6.07, 6.45) is 10.5. The number of nitrogens with zero attached hydrogens (tertiary/aromatic N) is 2. The van der Waals surface area contributed by atoms with Gasteiger partial charge in [-0.05, 0) is 25.0 Å². The van der Waals surface area contributed by atoms with E-state index in [1.807, 2.05) is 10.8 Å². The van der Waals surface area contributed by atoms with Crippen LogP contribution in [0.1, 0.15) is 13.8 Å². The summed E-state index contributed by atoms with van der Waals surface area (Å²) in [5.41, 5.74) is 1.16. The summed E-state index contributed by atoms with van der Waals surface area (Å²) < 4.78 is 2.03. The standard InChI is InChI=1S/C10H13N2/c1-8(2)12-7-9-5-3-4-6-10(9)11-12/h3-9H,1-2H3/q+1. The van der Waals surface area contributed by atoms with Gasteiger partial charge in [0.05, 0.1) is 0 Å². The second kappa shape index (κ2) is 2.70. The molecule has 0 aromatic heterocycles. The van der Waals surface area contributed by atoms with Crippen LogP contribution < -0.4 is 0 Å². The van der Waals surface area contributed by atoms with Gasteiger partial charge in [-0.2, -0.15) is 0 Å². The van der Waals surface area contributed by atoms with Gasteiger partial charge < -0.3 is 0 Å². The topological polar surface area (TPSA) is 15.4 Å². The molecule has 0 aromatic rings. The molecule has 0 saturated carbocycles. The Kier molecular flexibility index (Phi) is 1.68. The summed E-state index contributed by atoms with van der Waals surface area (Å²) in [5, 5.41) is 4.47. The van der Waals surface area contributed by atoms with E-state index in [0.717, 1.165) is 5.71 Å². The van der Waals surface area contributed by atoms with Crippen molar-refractivity contribution in [3.05, 3.63) is 24.3 Å². The van der Waals surface area contributed by atoms with Crippen LogP contribution in [0.3, 0.4) is 0 Å². The third kappa shape index (κ3) is 1.13. The molecule has 2 aliphatic rings. The van der Waals surface area contributed by atoms with Crippen LogP contribution >= 0.6 is 0 Å². The maximum absolute atomic E-state index is 4.47. The third-order valence-corrected chi connectivity index (χ3v) is 2.11. The van der Waals surface area contributed by atoms with Crippen molar-refractivity contribution < 1.29 is 4.68 Å². The van der Waals surface area contributed by atoms with Crippen molar-refractivity contribution in [1.29, 1.82) is 0 Å². The summed E-state index contributed by atoms with van der Waals surface area (Å²) >= 11 is 0. The predicted molar refractivity (Wildman–Crippen MR) is 50.7 cm³/mol. The fourth-order valence-electron chi connectivity index (χ4n) is 1.39. The van der Waals surface area contributed by atoms with E-state index in [1.165, 1.54) is 0 Å². The highest BCUT2D eigenvalue weighted by atomic mass is 15.4. The Morgan fingerprint density at radius 1 is 1.42 bits per heavy atom. The van der Waals surface area contributed by atoms with Gasteiger partial charge in [-0.1, -0.05) is 22.9 Å². The van der Waals surface area contributed by atoms with Crippen LogP contribution in [0.15, 0.2) is 29.4 Å². The molecule has 2 nitrogen and oxygen atoms in total. The molecule has 1 heterocycles. The van der Waals surface area contributed by atoms with E-state index in [1.54, 1.807) is 0 Å². The molecule has 1 aliphatic heterocycles. The molecule has 2 heteroatoms. The number of hydrogen-bond donors (Lipinski definition) is 0. The summed E-state index contributed by atoms with van der Waals surface area (Å²) in [5.74, 6) is 0.414. The maximum atomic E-state index is 4.47. The van der Waals surface area contributed by atoms with E-state index < -0.39 is 0 Å². The minimum Gasteiger partial charge on any atom is -0.0919 e. The Labute approximate surface area is 72.6 Å². The Morgan fingerprint density at radius 3 is 2.92 bits per heavy atom. The molecule has 12 heavy (non-hydrogen) atoms. The lowest BCUT2D eigenvalue weighted by atomic mass is 10.0. The fraction of sp³-hybridized carbons (Fsp3) is 0.400. The predicted octanol–water partition coefficient (Wildman–Crippen LogP) is 1.59. The molecule has 0 amide bonds. The van der Waals surface area contributed by atoms with E-state index in [4.69, 9.17) is 0 Å². The van der Waals surface area contributed by atoms with Gasteiger partial charge in [-0.3, -0.25) is 0 Å². The lowest BCUT2D eigenvalue weighted by Crippen LogP contribution is -2.13. The molecular weight excluding hydrogens is 148 g/mol. The van der Waals surface area contributed by atoms with Crippen molar-refractivity contribution in [3.63, 3.8) is 0 Å². The first-order valence-electron chi connectivity index (χ1n) is 4.34. The van der Waals surface area contributed by atoms with Crippen molar-refractivity contribution in [2.24, 2.45) is 11.0 Å². The molecule has 0 spiro atoms. The molecule has 0 radical (unpaired) electrons. The molecule has 0 bridgehead atoms. The Hall–Kier alpha value is -1.18. The molecule has 0 aromatic carbocycles. The lowest BCUT2D eigenvalue weighted by Gasteiger charge is -1.97. The average molecular weight is 161 g/mol. The van der Waals surface area contributed by atoms with Crippen LogP contribution in [0, 0.1) is 5.92 Å². The van der Waals surface area contributed by atoms with Gasteiger partial charge in [0.1, 0.15) is 11.6 Å². The molecule has 2 rings (SSSR count). The zero-order chi connectivity index (χ0) is 8.55. The first kappa shape index (κ1) is 7.47. The largest absolute Gasteiger partial charge is 0.186 e. The Morgan fingerprint density at radius 2 is 2.25 bits per heavy atom. The van der Waals surface area contributed by atoms with E-state index in [-0.39, 0.29) is 0 Å². The number of allylic oxidation sites excluding steroid dienone is 4. The van der Waals surface area contributed by atoms with Gasteiger partial charge in [0, 0.05) is 0 Å². The number of fused-ring (bicyclic) bond motifs is 1. The molecule has 0 fully saturated rings. The normalized spacial score (nSPS) is 25.8. The molecule has 0 N–H and O–H groups in total. The Bertz CT molecular complexity index is 306. The Balaban J connectivity index is 2.29. The smallest absolute Gasteiger partial charge is 0.0919 e. The molecule has 1 aliphatic carbocycles. The molecule has 1 atom stereocenters. The monoisotopic (exact) mass is 161 g/mol. The number of hydrazone groups is 1. The number of rotatable bonds is 1. The van der Waals surface area contributed by atoms with E-state index in [0.29, 0.717) is 12.0 Å². The molecular formula is C10H13N2+. The van der Waals surface area contributed by atoms with Gasteiger partial charge in [0.15, 0.2) is 12.3 Å². The molecule has 0 saturated heterocycles. The summed E-state index contributed by atoms with van der Waals surface area (Å²) in [4.78, 5) is 0. The van der Waals surface area contributed by atoms with Crippen molar-refractivity contribution in [3.8, 4) is 0 Å². The van der Waals surface area contributed by atoms with Gasteiger partial charge in [0.25, 0.3) is 0 Å². The average Bonchev–Trinajstić information content (AvgIpc) is 2.46. The maximum Gasteiger partial charge on any atom is 0.186 e. The highest BCUT2D eigenvalue weighted by Gasteiger charge is 2.26. The van der Waals surface area contributed by atoms with Crippen LogP contribution in [-0.4, -0.2) is 22.7 Å². The summed E-state index contributed by atoms with van der Waals surface area (Å²) in [7, 11) is 0. The summed E-state index contributed by atoms with van der Waals surface area (Å²) in [6, 6.07) is 0.463. The first-order valence-corrected chi connectivity index (χ1v) is 4.34. The van der Waals surface area contributed by atoms with E-state index in [9.17, 15) is 0 Å². The molecule has 62 valence electrons. The van der Waals surface area contributed by atoms with Crippen molar-refractivity contribution >= 4 is 11.9 Å². The van der Waals surface area contributed by atoms with Crippen LogP contribution in [0.5, 0.6) is 0 Å². The zero-order valence-corrected chi connectivity index (χ0v) is 7.44. The number of hydrogen-bond acceptors (Lipinski definition) is 1. The second-order valence-electron chi connectivity index (χ2n) is 3.42. The van der Waals surface area contributed by atoms with Crippen LogP contribution in [0.25, 0.3) is 0 Å². The van der Waals surface area contributed by atoms with Gasteiger partial charge >= 0.3 is 0 Å².